The zero-order valence-corrected chi connectivity index (χ0v) is 10.7. The van der Waals surface area contributed by atoms with Gasteiger partial charge in [0, 0.05) is 6.92 Å². The second-order valence-electron chi connectivity index (χ2n) is 5.99. The van der Waals surface area contributed by atoms with Gasteiger partial charge >= 0.3 is 5.97 Å². The standard InChI is InChI=1S/C13H24O2/c1-9-8-11(15-10(2)14)6-7-12(9)13(3,4)5/h9,11-12H,6-8H2,1-5H3/t9-,11-,12+/m1/s1. The molecule has 0 radical (unpaired) electrons. The van der Waals surface area contributed by atoms with Crippen LogP contribution in [0.25, 0.3) is 0 Å². The van der Waals surface area contributed by atoms with Gasteiger partial charge in [-0.1, -0.05) is 27.7 Å². The lowest BCUT2D eigenvalue weighted by atomic mass is 9.66. The smallest absolute Gasteiger partial charge is 0.302 e. The van der Waals surface area contributed by atoms with Gasteiger partial charge in [0.2, 0.25) is 0 Å². The van der Waals surface area contributed by atoms with E-state index in [-0.39, 0.29) is 12.1 Å². The number of carbonyl (C=O) groups is 1. The van der Waals surface area contributed by atoms with Gasteiger partial charge in [0.05, 0.1) is 0 Å². The Kier molecular flexibility index (Phi) is 3.80. The highest BCUT2D eigenvalue weighted by molar-refractivity contribution is 5.66. The van der Waals surface area contributed by atoms with Gasteiger partial charge in [-0.2, -0.15) is 0 Å². The number of hydrogen-bond acceptors (Lipinski definition) is 2. The van der Waals surface area contributed by atoms with Crippen LogP contribution < -0.4 is 0 Å². The van der Waals surface area contributed by atoms with E-state index in [0.717, 1.165) is 18.8 Å². The largest absolute Gasteiger partial charge is 0.463 e. The molecule has 0 heterocycles. The van der Waals surface area contributed by atoms with E-state index in [1.54, 1.807) is 0 Å². The molecule has 0 aromatic carbocycles. The second kappa shape index (κ2) is 4.54. The van der Waals surface area contributed by atoms with Crippen molar-refractivity contribution < 1.29 is 9.53 Å². The third-order valence-electron chi connectivity index (χ3n) is 3.57. The minimum absolute atomic E-state index is 0.138. The molecule has 0 saturated heterocycles. The predicted octanol–water partition coefficient (Wildman–Crippen LogP) is 3.40. The Morgan fingerprint density at radius 3 is 2.27 bits per heavy atom. The van der Waals surface area contributed by atoms with Gasteiger partial charge in [-0.25, -0.2) is 0 Å². The van der Waals surface area contributed by atoms with Crippen LogP contribution in [0.5, 0.6) is 0 Å². The molecule has 2 heteroatoms. The van der Waals surface area contributed by atoms with Crippen molar-refractivity contribution >= 4 is 5.97 Å². The topological polar surface area (TPSA) is 26.3 Å². The van der Waals surface area contributed by atoms with Crippen LogP contribution in [0.4, 0.5) is 0 Å². The maximum Gasteiger partial charge on any atom is 0.302 e. The van der Waals surface area contributed by atoms with Crippen LogP contribution in [0, 0.1) is 17.3 Å². The summed E-state index contributed by atoms with van der Waals surface area (Å²) in [5, 5.41) is 0. The van der Waals surface area contributed by atoms with Gasteiger partial charge in [-0.3, -0.25) is 4.79 Å². The summed E-state index contributed by atoms with van der Waals surface area (Å²) in [7, 11) is 0. The number of esters is 1. The minimum Gasteiger partial charge on any atom is -0.463 e. The Morgan fingerprint density at radius 1 is 1.27 bits per heavy atom. The van der Waals surface area contributed by atoms with Crippen LogP contribution in [-0.2, 0) is 9.53 Å². The monoisotopic (exact) mass is 212 g/mol. The molecule has 0 spiro atoms. The zero-order chi connectivity index (χ0) is 11.6. The van der Waals surface area contributed by atoms with E-state index in [4.69, 9.17) is 4.74 Å². The molecule has 0 aromatic rings. The van der Waals surface area contributed by atoms with Crippen molar-refractivity contribution in [3.8, 4) is 0 Å². The van der Waals surface area contributed by atoms with Gasteiger partial charge in [0.25, 0.3) is 0 Å². The van der Waals surface area contributed by atoms with E-state index >= 15 is 0 Å². The van der Waals surface area contributed by atoms with Crippen molar-refractivity contribution in [1.29, 1.82) is 0 Å². The summed E-state index contributed by atoms with van der Waals surface area (Å²) in [6.45, 7) is 10.7. The molecule has 1 rings (SSSR count). The summed E-state index contributed by atoms with van der Waals surface area (Å²) in [4.78, 5) is 10.9. The molecule has 0 aliphatic heterocycles. The zero-order valence-electron chi connectivity index (χ0n) is 10.7. The molecule has 3 atom stereocenters. The average molecular weight is 212 g/mol. The van der Waals surface area contributed by atoms with Crippen LogP contribution in [0.3, 0.4) is 0 Å². The van der Waals surface area contributed by atoms with E-state index in [1.807, 2.05) is 0 Å². The predicted molar refractivity (Wildman–Crippen MR) is 61.5 cm³/mol. The molecule has 0 N–H and O–H groups in total. The van der Waals surface area contributed by atoms with E-state index in [2.05, 4.69) is 27.7 Å². The molecule has 1 fully saturated rings. The molecule has 1 aliphatic carbocycles. The summed E-state index contributed by atoms with van der Waals surface area (Å²) < 4.78 is 5.28. The van der Waals surface area contributed by atoms with Crippen molar-refractivity contribution in [3.05, 3.63) is 0 Å². The number of hydrogen-bond donors (Lipinski definition) is 0. The molecule has 0 amide bonds. The Labute approximate surface area is 93.4 Å². The molecule has 1 saturated carbocycles. The van der Waals surface area contributed by atoms with Crippen LogP contribution in [0.2, 0.25) is 0 Å². The molecule has 0 unspecified atom stereocenters. The van der Waals surface area contributed by atoms with Crippen LogP contribution in [0.15, 0.2) is 0 Å². The normalized spacial score (nSPS) is 32.5. The second-order valence-corrected chi connectivity index (χ2v) is 5.99. The quantitative estimate of drug-likeness (QED) is 0.623. The summed E-state index contributed by atoms with van der Waals surface area (Å²) in [6, 6.07) is 0. The van der Waals surface area contributed by atoms with E-state index in [0.29, 0.717) is 11.3 Å². The maximum atomic E-state index is 10.9. The lowest BCUT2D eigenvalue weighted by Crippen LogP contribution is -2.35. The highest BCUT2D eigenvalue weighted by atomic mass is 16.5. The lowest BCUT2D eigenvalue weighted by Gasteiger charge is -2.41. The van der Waals surface area contributed by atoms with Crippen molar-refractivity contribution in [2.24, 2.45) is 17.3 Å². The van der Waals surface area contributed by atoms with Gasteiger partial charge in [-0.15, -0.1) is 0 Å². The molecule has 0 bridgehead atoms. The van der Waals surface area contributed by atoms with Crippen LogP contribution >= 0.6 is 0 Å². The van der Waals surface area contributed by atoms with Gasteiger partial charge in [0.1, 0.15) is 6.10 Å². The molecule has 88 valence electrons. The fourth-order valence-corrected chi connectivity index (χ4v) is 2.98. The van der Waals surface area contributed by atoms with Crippen molar-refractivity contribution in [3.63, 3.8) is 0 Å². The highest BCUT2D eigenvalue weighted by Crippen LogP contribution is 2.42. The first-order valence-electron chi connectivity index (χ1n) is 5.98. The Balaban J connectivity index is 2.51. The number of rotatable bonds is 1. The Morgan fingerprint density at radius 2 is 1.87 bits per heavy atom. The first-order valence-corrected chi connectivity index (χ1v) is 5.98. The first kappa shape index (κ1) is 12.5. The highest BCUT2D eigenvalue weighted by Gasteiger charge is 2.35. The van der Waals surface area contributed by atoms with Gasteiger partial charge in [-0.05, 0) is 36.5 Å². The van der Waals surface area contributed by atoms with Crippen molar-refractivity contribution in [2.45, 2.75) is 60.0 Å². The van der Waals surface area contributed by atoms with Gasteiger partial charge < -0.3 is 4.74 Å². The third kappa shape index (κ3) is 3.51. The SMILES string of the molecule is CC(=O)O[C@@H]1CC[C@H](C(C)(C)C)[C@H](C)C1. The molecule has 15 heavy (non-hydrogen) atoms. The average Bonchev–Trinajstić information content (AvgIpc) is 1.99. The fourth-order valence-electron chi connectivity index (χ4n) is 2.98. The van der Waals surface area contributed by atoms with E-state index in [1.165, 1.54) is 13.3 Å². The van der Waals surface area contributed by atoms with E-state index < -0.39 is 0 Å². The maximum absolute atomic E-state index is 10.9. The molecule has 2 nitrogen and oxygen atoms in total. The summed E-state index contributed by atoms with van der Waals surface area (Å²) in [5.74, 6) is 1.27. The Bertz CT molecular complexity index is 227. The summed E-state index contributed by atoms with van der Waals surface area (Å²) in [5.41, 5.74) is 0.376. The first-order chi connectivity index (χ1) is 6.80. The molecule has 1 aliphatic rings. The molecular weight excluding hydrogens is 188 g/mol. The Hall–Kier alpha value is -0.530. The summed E-state index contributed by atoms with van der Waals surface area (Å²) >= 11 is 0. The number of carbonyl (C=O) groups excluding carboxylic acids is 1. The van der Waals surface area contributed by atoms with Gasteiger partial charge in [0.15, 0.2) is 0 Å². The van der Waals surface area contributed by atoms with Crippen molar-refractivity contribution in [1.82, 2.24) is 0 Å². The van der Waals surface area contributed by atoms with E-state index in [9.17, 15) is 4.79 Å². The molecular formula is C13H24O2. The lowest BCUT2D eigenvalue weighted by molar-refractivity contribution is -0.149. The van der Waals surface area contributed by atoms with Crippen molar-refractivity contribution in [2.75, 3.05) is 0 Å². The van der Waals surface area contributed by atoms with Crippen LogP contribution in [-0.4, -0.2) is 12.1 Å². The minimum atomic E-state index is -0.138. The molecule has 0 aromatic heterocycles. The number of ether oxygens (including phenoxy) is 1. The fraction of sp³-hybridized carbons (Fsp3) is 0.923. The summed E-state index contributed by atoms with van der Waals surface area (Å²) in [6.07, 6.45) is 3.41. The van der Waals surface area contributed by atoms with Crippen LogP contribution in [0.1, 0.15) is 53.9 Å². The third-order valence-corrected chi connectivity index (χ3v) is 3.57.